The van der Waals surface area contributed by atoms with Gasteiger partial charge in [0.15, 0.2) is 24.3 Å². The van der Waals surface area contributed by atoms with Crippen LogP contribution in [-0.4, -0.2) is 59.7 Å². The summed E-state index contributed by atoms with van der Waals surface area (Å²) in [6.45, 7) is 1.34. The number of ether oxygens (including phenoxy) is 3. The Hall–Kier alpha value is -4.68. The molecule has 12 heteroatoms. The van der Waals surface area contributed by atoms with E-state index >= 15 is 0 Å². The second-order valence-corrected chi connectivity index (χ2v) is 8.72. The highest BCUT2D eigenvalue weighted by atomic mass is 16.6. The van der Waals surface area contributed by atoms with Crippen molar-refractivity contribution >= 4 is 11.9 Å². The van der Waals surface area contributed by atoms with E-state index in [-0.39, 0.29) is 16.9 Å². The lowest BCUT2D eigenvalue weighted by Gasteiger charge is -2.25. The zero-order valence-corrected chi connectivity index (χ0v) is 20.9. The smallest absolute Gasteiger partial charge is 0.351 e. The largest absolute Gasteiger partial charge is 0.452 e. The number of carbonyl (C=O) groups is 2. The van der Waals surface area contributed by atoms with Crippen molar-refractivity contribution in [3.63, 3.8) is 0 Å². The monoisotopic (exact) mass is 531 g/mol. The fourth-order valence-electron chi connectivity index (χ4n) is 4.37. The average Bonchev–Trinajstić information content (AvgIpc) is 3.63. The molecule has 1 aliphatic heterocycles. The standard InChI is InChI=1S/C27H25N5O7/c1-2-20-21(38-25(34)17-9-5-3-6-10-17)22(39-26(35)18-11-7-4-8-12-18)24(37-20)31-13-19(14-33)23(30-27(31)36)32-16-28-15-29-32/h3-13,15-16,20-22,24,33H,2,14H2,1H3/t20-,21?,22+,24-/m1/s1. The number of benzene rings is 2. The molecule has 2 aromatic carbocycles. The molecule has 4 aromatic rings. The van der Waals surface area contributed by atoms with Crippen LogP contribution >= 0.6 is 0 Å². The Balaban J connectivity index is 1.54. The number of esters is 2. The SMILES string of the molecule is CC[C@H]1O[C@@H](n2cc(CO)c(-n3cncn3)nc2=O)[C@@H](OC(=O)c2ccccc2)C1OC(=O)c1ccccc1. The van der Waals surface area contributed by atoms with Crippen molar-refractivity contribution in [2.45, 2.75) is 44.5 Å². The van der Waals surface area contributed by atoms with Gasteiger partial charge in [0.05, 0.1) is 17.7 Å². The van der Waals surface area contributed by atoms with E-state index in [1.807, 2.05) is 6.92 Å². The topological polar surface area (TPSA) is 148 Å². The maximum absolute atomic E-state index is 13.2. The molecule has 1 fully saturated rings. The molecule has 0 amide bonds. The van der Waals surface area contributed by atoms with Crippen LogP contribution in [-0.2, 0) is 20.8 Å². The molecule has 2 aromatic heterocycles. The number of aromatic nitrogens is 5. The predicted octanol–water partition coefficient (Wildman–Crippen LogP) is 2.07. The number of carbonyl (C=O) groups excluding carboxylic acids is 2. The molecule has 0 spiro atoms. The van der Waals surface area contributed by atoms with Crippen LogP contribution in [0.2, 0.25) is 0 Å². The van der Waals surface area contributed by atoms with Crippen LogP contribution in [0.4, 0.5) is 0 Å². The molecule has 0 radical (unpaired) electrons. The third-order valence-electron chi connectivity index (χ3n) is 6.28. The van der Waals surface area contributed by atoms with Gasteiger partial charge in [-0.25, -0.2) is 24.0 Å². The summed E-state index contributed by atoms with van der Waals surface area (Å²) in [5.41, 5.74) is 0.0675. The van der Waals surface area contributed by atoms with Gasteiger partial charge in [-0.05, 0) is 30.7 Å². The first-order chi connectivity index (χ1) is 19.0. The summed E-state index contributed by atoms with van der Waals surface area (Å²) in [6.07, 6.45) is 0.183. The van der Waals surface area contributed by atoms with E-state index in [1.54, 1.807) is 60.7 Å². The van der Waals surface area contributed by atoms with Crippen molar-refractivity contribution in [1.29, 1.82) is 0 Å². The van der Waals surface area contributed by atoms with Crippen molar-refractivity contribution < 1.29 is 28.9 Å². The van der Waals surface area contributed by atoms with Crippen molar-refractivity contribution in [2.24, 2.45) is 0 Å². The zero-order chi connectivity index (χ0) is 27.4. The Bertz CT molecular complexity index is 1490. The van der Waals surface area contributed by atoms with Gasteiger partial charge in [0.1, 0.15) is 18.8 Å². The van der Waals surface area contributed by atoms with Crippen molar-refractivity contribution in [2.75, 3.05) is 0 Å². The van der Waals surface area contributed by atoms with Crippen molar-refractivity contribution in [3.05, 3.63) is 107 Å². The fraction of sp³-hybridized carbons (Fsp3) is 0.259. The van der Waals surface area contributed by atoms with Crippen LogP contribution < -0.4 is 5.69 Å². The molecule has 4 atom stereocenters. The van der Waals surface area contributed by atoms with Gasteiger partial charge in [0.2, 0.25) is 0 Å². The lowest BCUT2D eigenvalue weighted by atomic mass is 10.1. The number of hydrogen-bond donors (Lipinski definition) is 1. The molecule has 1 saturated heterocycles. The Labute approximate surface area is 222 Å². The molecule has 12 nitrogen and oxygen atoms in total. The molecule has 1 aliphatic rings. The molecular weight excluding hydrogens is 506 g/mol. The fourth-order valence-corrected chi connectivity index (χ4v) is 4.37. The Kier molecular flexibility index (Phi) is 7.57. The molecule has 1 N–H and O–H groups in total. The van der Waals surface area contributed by atoms with E-state index in [9.17, 15) is 19.5 Å². The van der Waals surface area contributed by atoms with E-state index in [0.29, 0.717) is 12.0 Å². The summed E-state index contributed by atoms with van der Waals surface area (Å²) in [5, 5.41) is 14.0. The molecule has 0 saturated carbocycles. The van der Waals surface area contributed by atoms with E-state index in [0.717, 1.165) is 4.57 Å². The van der Waals surface area contributed by atoms with Gasteiger partial charge < -0.3 is 19.3 Å². The van der Waals surface area contributed by atoms with E-state index < -0.39 is 48.8 Å². The summed E-state index contributed by atoms with van der Waals surface area (Å²) < 4.78 is 20.2. The van der Waals surface area contributed by atoms with E-state index in [2.05, 4.69) is 15.1 Å². The molecule has 200 valence electrons. The van der Waals surface area contributed by atoms with Crippen LogP contribution in [0, 0.1) is 0 Å². The summed E-state index contributed by atoms with van der Waals surface area (Å²) in [5.74, 6) is -1.23. The van der Waals surface area contributed by atoms with E-state index in [4.69, 9.17) is 14.2 Å². The van der Waals surface area contributed by atoms with Crippen LogP contribution in [0.1, 0.15) is 45.9 Å². The quantitative estimate of drug-likeness (QED) is 0.335. The van der Waals surface area contributed by atoms with Gasteiger partial charge in [-0.3, -0.25) is 4.57 Å². The van der Waals surface area contributed by atoms with Gasteiger partial charge >= 0.3 is 17.6 Å². The summed E-state index contributed by atoms with van der Waals surface area (Å²) >= 11 is 0. The zero-order valence-electron chi connectivity index (χ0n) is 20.9. The maximum Gasteiger partial charge on any atom is 0.351 e. The third kappa shape index (κ3) is 5.33. The lowest BCUT2D eigenvalue weighted by Crippen LogP contribution is -2.41. The van der Waals surface area contributed by atoms with Crippen LogP contribution in [0.25, 0.3) is 5.82 Å². The predicted molar refractivity (Wildman–Crippen MR) is 135 cm³/mol. The number of rotatable bonds is 8. The highest BCUT2D eigenvalue weighted by Crippen LogP contribution is 2.36. The van der Waals surface area contributed by atoms with Gasteiger partial charge in [-0.15, -0.1) is 0 Å². The second-order valence-electron chi connectivity index (χ2n) is 8.72. The maximum atomic E-state index is 13.2. The molecule has 0 aliphatic carbocycles. The molecule has 5 rings (SSSR count). The van der Waals surface area contributed by atoms with Crippen LogP contribution in [0.3, 0.4) is 0 Å². The number of aliphatic hydroxyl groups is 1. The number of aliphatic hydroxyl groups excluding tert-OH is 1. The second kappa shape index (κ2) is 11.4. The highest BCUT2D eigenvalue weighted by Gasteiger charge is 2.50. The molecule has 3 heterocycles. The van der Waals surface area contributed by atoms with Crippen LogP contribution in [0.5, 0.6) is 0 Å². The molecule has 39 heavy (non-hydrogen) atoms. The summed E-state index contributed by atoms with van der Waals surface area (Å²) in [6, 6.07) is 16.7. The Morgan fingerprint density at radius 1 is 0.974 bits per heavy atom. The number of hydrogen-bond acceptors (Lipinski definition) is 10. The normalized spacial score (nSPS) is 20.5. The van der Waals surface area contributed by atoms with Gasteiger partial charge in [0.25, 0.3) is 0 Å². The minimum atomic E-state index is -1.21. The first-order valence-electron chi connectivity index (χ1n) is 12.3. The van der Waals surface area contributed by atoms with Gasteiger partial charge in [0, 0.05) is 11.8 Å². The first-order valence-corrected chi connectivity index (χ1v) is 12.3. The third-order valence-corrected chi connectivity index (χ3v) is 6.28. The summed E-state index contributed by atoms with van der Waals surface area (Å²) in [7, 11) is 0. The highest BCUT2D eigenvalue weighted by molar-refractivity contribution is 5.90. The number of nitrogens with zero attached hydrogens (tertiary/aromatic N) is 5. The van der Waals surface area contributed by atoms with Gasteiger partial charge in [-0.1, -0.05) is 43.3 Å². The minimum absolute atomic E-state index is 0.0891. The van der Waals surface area contributed by atoms with Gasteiger partial charge in [-0.2, -0.15) is 10.1 Å². The summed E-state index contributed by atoms with van der Waals surface area (Å²) in [4.78, 5) is 47.2. The Morgan fingerprint density at radius 2 is 1.59 bits per heavy atom. The van der Waals surface area contributed by atoms with Crippen LogP contribution in [0.15, 0.2) is 84.3 Å². The average molecular weight is 532 g/mol. The first kappa shape index (κ1) is 25.9. The Morgan fingerprint density at radius 3 is 2.13 bits per heavy atom. The van der Waals surface area contributed by atoms with Crippen molar-refractivity contribution in [3.8, 4) is 5.82 Å². The lowest BCUT2D eigenvalue weighted by molar-refractivity contribution is -0.0528. The van der Waals surface area contributed by atoms with Crippen molar-refractivity contribution in [1.82, 2.24) is 24.3 Å². The molecule has 0 bridgehead atoms. The molecule has 1 unspecified atom stereocenters. The van der Waals surface area contributed by atoms with E-state index in [1.165, 1.54) is 23.5 Å². The molecular formula is C27H25N5O7. The minimum Gasteiger partial charge on any atom is -0.452 e.